The topological polar surface area (TPSA) is 78.9 Å². The van der Waals surface area contributed by atoms with E-state index in [1.54, 1.807) is 0 Å². The Bertz CT molecular complexity index is 568. The third-order valence-electron chi connectivity index (χ3n) is 3.35. The summed E-state index contributed by atoms with van der Waals surface area (Å²) in [6.07, 6.45) is -0.0500. The second-order valence-corrected chi connectivity index (χ2v) is 5.97. The van der Waals surface area contributed by atoms with Crippen molar-refractivity contribution in [3.63, 3.8) is 0 Å². The van der Waals surface area contributed by atoms with Crippen LogP contribution in [-0.2, 0) is 35.2 Å². The zero-order valence-corrected chi connectivity index (χ0v) is 18.4. The van der Waals surface area contributed by atoms with Crippen LogP contribution in [0.5, 0.6) is 0 Å². The predicted octanol–water partition coefficient (Wildman–Crippen LogP) is 4.86. The maximum atomic E-state index is 12.2. The van der Waals surface area contributed by atoms with Gasteiger partial charge in [-0.05, 0) is 17.9 Å². The molecule has 1 aromatic rings. The van der Waals surface area contributed by atoms with Crippen LogP contribution in [0.25, 0.3) is 0 Å². The highest BCUT2D eigenvalue weighted by Crippen LogP contribution is 2.11. The van der Waals surface area contributed by atoms with Crippen LogP contribution in [-0.4, -0.2) is 30.6 Å². The molecule has 1 unspecified atom stereocenters. The minimum absolute atomic E-state index is 0.0124. The van der Waals surface area contributed by atoms with Crippen molar-refractivity contribution in [1.29, 1.82) is 0 Å². The predicted molar refractivity (Wildman–Crippen MR) is 114 cm³/mol. The molecule has 0 fully saturated rings. The average molecular weight is 409 g/mol. The first-order chi connectivity index (χ1) is 13.9. The third kappa shape index (κ3) is 14.2. The maximum absolute atomic E-state index is 12.2. The number of rotatable bonds is 10. The van der Waals surface area contributed by atoms with Crippen LogP contribution in [0, 0.1) is 5.92 Å². The molecule has 0 saturated carbocycles. The van der Waals surface area contributed by atoms with Crippen molar-refractivity contribution in [1.82, 2.24) is 0 Å². The highest BCUT2D eigenvalue weighted by atomic mass is 16.6. The van der Waals surface area contributed by atoms with E-state index < -0.39 is 24.0 Å². The zero-order chi connectivity index (χ0) is 22.7. The summed E-state index contributed by atoms with van der Waals surface area (Å²) in [6, 6.07) is 9.34. The van der Waals surface area contributed by atoms with Crippen molar-refractivity contribution in [2.24, 2.45) is 5.92 Å². The lowest BCUT2D eigenvalue weighted by Crippen LogP contribution is -2.32. The number of ether oxygens (including phenoxy) is 3. The SMILES string of the molecule is C=C.CC.CCCC(=O)OC(=O)CCOC(C(=O)OCc1ccccc1)C(C)C. The molecular formula is C23H36O6. The molecule has 0 radical (unpaired) electrons. The highest BCUT2D eigenvalue weighted by Gasteiger charge is 2.25. The molecule has 6 nitrogen and oxygen atoms in total. The quantitative estimate of drug-likeness (QED) is 0.312. The molecule has 0 aliphatic rings. The lowest BCUT2D eigenvalue weighted by molar-refractivity contribution is -0.166. The lowest BCUT2D eigenvalue weighted by atomic mass is 10.1. The molecule has 1 atom stereocenters. The first-order valence-electron chi connectivity index (χ1n) is 9.99. The van der Waals surface area contributed by atoms with Crippen molar-refractivity contribution in [2.75, 3.05) is 6.61 Å². The number of carbonyl (C=O) groups is 3. The Hall–Kier alpha value is -2.47. The van der Waals surface area contributed by atoms with Gasteiger partial charge in [0.05, 0.1) is 13.0 Å². The number of hydrogen-bond acceptors (Lipinski definition) is 6. The summed E-state index contributed by atoms with van der Waals surface area (Å²) in [5.74, 6) is -1.79. The van der Waals surface area contributed by atoms with E-state index >= 15 is 0 Å². The van der Waals surface area contributed by atoms with Crippen molar-refractivity contribution in [3.05, 3.63) is 49.1 Å². The molecule has 0 aromatic heterocycles. The minimum atomic E-state index is -0.775. The van der Waals surface area contributed by atoms with Crippen LogP contribution < -0.4 is 0 Å². The average Bonchev–Trinajstić information content (AvgIpc) is 2.73. The summed E-state index contributed by atoms with van der Waals surface area (Å²) < 4.78 is 15.4. The van der Waals surface area contributed by atoms with Gasteiger partial charge in [-0.3, -0.25) is 9.59 Å². The standard InChI is InChI=1S/C19H26O6.C2H6.C2H4/c1-4-8-16(20)25-17(21)11-12-23-18(14(2)3)19(22)24-13-15-9-6-5-7-10-15;2*1-2/h5-7,9-10,14,18H,4,8,11-13H2,1-3H3;1-2H3;1-2H2. The van der Waals surface area contributed by atoms with Crippen LogP contribution in [0.3, 0.4) is 0 Å². The molecule has 0 N–H and O–H groups in total. The van der Waals surface area contributed by atoms with E-state index in [1.807, 2.05) is 65.0 Å². The van der Waals surface area contributed by atoms with Gasteiger partial charge >= 0.3 is 17.9 Å². The first kappa shape index (κ1) is 28.7. The second-order valence-electron chi connectivity index (χ2n) is 5.97. The van der Waals surface area contributed by atoms with Crippen LogP contribution in [0.15, 0.2) is 43.5 Å². The van der Waals surface area contributed by atoms with Gasteiger partial charge in [0.2, 0.25) is 0 Å². The Morgan fingerprint density at radius 3 is 2.03 bits per heavy atom. The van der Waals surface area contributed by atoms with Crippen LogP contribution in [0.4, 0.5) is 0 Å². The Balaban J connectivity index is 0. The Morgan fingerprint density at radius 1 is 0.966 bits per heavy atom. The lowest BCUT2D eigenvalue weighted by Gasteiger charge is -2.19. The first-order valence-corrected chi connectivity index (χ1v) is 9.99. The maximum Gasteiger partial charge on any atom is 0.335 e. The fourth-order valence-corrected chi connectivity index (χ4v) is 2.05. The minimum Gasteiger partial charge on any atom is -0.459 e. The summed E-state index contributed by atoms with van der Waals surface area (Å²) >= 11 is 0. The van der Waals surface area contributed by atoms with E-state index in [4.69, 9.17) is 9.47 Å². The van der Waals surface area contributed by atoms with Crippen LogP contribution in [0.1, 0.15) is 59.4 Å². The van der Waals surface area contributed by atoms with Crippen molar-refractivity contribution < 1.29 is 28.6 Å². The molecule has 0 aliphatic carbocycles. The largest absolute Gasteiger partial charge is 0.459 e. The van der Waals surface area contributed by atoms with Gasteiger partial charge in [0, 0.05) is 6.42 Å². The van der Waals surface area contributed by atoms with Crippen LogP contribution in [0.2, 0.25) is 0 Å². The molecule has 0 amide bonds. The molecule has 29 heavy (non-hydrogen) atoms. The van der Waals surface area contributed by atoms with E-state index in [2.05, 4.69) is 17.9 Å². The molecule has 0 aliphatic heterocycles. The normalized spacial score (nSPS) is 10.6. The number of esters is 3. The monoisotopic (exact) mass is 408 g/mol. The van der Waals surface area contributed by atoms with E-state index in [1.165, 1.54) is 0 Å². The third-order valence-corrected chi connectivity index (χ3v) is 3.35. The highest BCUT2D eigenvalue weighted by molar-refractivity contribution is 5.85. The summed E-state index contributed by atoms with van der Waals surface area (Å²) in [4.78, 5) is 34.9. The Kier molecular flexibility index (Phi) is 18.7. The number of hydrogen-bond donors (Lipinski definition) is 0. The smallest absolute Gasteiger partial charge is 0.335 e. The van der Waals surface area contributed by atoms with Crippen molar-refractivity contribution in [3.8, 4) is 0 Å². The second kappa shape index (κ2) is 18.9. The van der Waals surface area contributed by atoms with E-state index in [0.29, 0.717) is 6.42 Å². The van der Waals surface area contributed by atoms with E-state index in [9.17, 15) is 14.4 Å². The molecule has 0 spiro atoms. The Morgan fingerprint density at radius 2 is 1.52 bits per heavy atom. The van der Waals surface area contributed by atoms with Gasteiger partial charge in [0.25, 0.3) is 0 Å². The molecule has 0 heterocycles. The van der Waals surface area contributed by atoms with E-state index in [-0.39, 0.29) is 32.0 Å². The molecule has 0 saturated heterocycles. The number of carbonyl (C=O) groups excluding carboxylic acids is 3. The van der Waals surface area contributed by atoms with Crippen molar-refractivity contribution >= 4 is 17.9 Å². The molecular weight excluding hydrogens is 372 g/mol. The van der Waals surface area contributed by atoms with Gasteiger partial charge in [-0.2, -0.15) is 0 Å². The van der Waals surface area contributed by atoms with Crippen molar-refractivity contribution in [2.45, 2.75) is 66.6 Å². The zero-order valence-electron chi connectivity index (χ0n) is 18.4. The van der Waals surface area contributed by atoms with Gasteiger partial charge in [0.15, 0.2) is 6.10 Å². The van der Waals surface area contributed by atoms with Gasteiger partial charge in [-0.25, -0.2) is 4.79 Å². The molecule has 1 aromatic carbocycles. The summed E-state index contributed by atoms with van der Waals surface area (Å²) in [5.41, 5.74) is 0.886. The summed E-state index contributed by atoms with van der Waals surface area (Å²) in [7, 11) is 0. The summed E-state index contributed by atoms with van der Waals surface area (Å²) in [5, 5.41) is 0. The van der Waals surface area contributed by atoms with Gasteiger partial charge in [-0.15, -0.1) is 13.2 Å². The van der Waals surface area contributed by atoms with Gasteiger partial charge in [0.1, 0.15) is 6.61 Å². The molecule has 0 bridgehead atoms. The fourth-order valence-electron chi connectivity index (χ4n) is 2.05. The number of benzene rings is 1. The Labute approximate surface area is 175 Å². The molecule has 6 heteroatoms. The van der Waals surface area contributed by atoms with Gasteiger partial charge in [-0.1, -0.05) is 65.0 Å². The summed E-state index contributed by atoms with van der Waals surface area (Å²) in [6.45, 7) is 15.6. The fraction of sp³-hybridized carbons (Fsp3) is 0.522. The van der Waals surface area contributed by atoms with E-state index in [0.717, 1.165) is 5.56 Å². The van der Waals surface area contributed by atoms with Gasteiger partial charge < -0.3 is 14.2 Å². The van der Waals surface area contributed by atoms with Crippen LogP contribution >= 0.6 is 0 Å². The molecule has 164 valence electrons. The molecule has 1 rings (SSSR count).